The summed E-state index contributed by atoms with van der Waals surface area (Å²) in [7, 11) is 0. The van der Waals surface area contributed by atoms with Crippen molar-refractivity contribution >= 4 is 47.2 Å². The van der Waals surface area contributed by atoms with Crippen LogP contribution in [-0.2, 0) is 4.74 Å². The summed E-state index contributed by atoms with van der Waals surface area (Å²) in [5, 5.41) is 0.865. The number of amides is 1. The van der Waals surface area contributed by atoms with Crippen LogP contribution in [0.4, 0.5) is 5.13 Å². The van der Waals surface area contributed by atoms with Crippen LogP contribution in [0.2, 0.25) is 0 Å². The monoisotopic (exact) mass is 299 g/mol. The van der Waals surface area contributed by atoms with E-state index in [0.717, 1.165) is 18.2 Å². The SMILES string of the molecule is Cc1nc(N2CCOCC2)sc1C(N)=O.Cl.Cl. The zero-order valence-electron chi connectivity index (χ0n) is 9.34. The molecule has 0 aromatic carbocycles. The Morgan fingerprint density at radius 2 is 2.00 bits per heavy atom. The van der Waals surface area contributed by atoms with E-state index >= 15 is 0 Å². The molecule has 2 heterocycles. The summed E-state index contributed by atoms with van der Waals surface area (Å²) in [6.07, 6.45) is 0. The summed E-state index contributed by atoms with van der Waals surface area (Å²) in [5.41, 5.74) is 5.96. The molecule has 0 atom stereocenters. The second-order valence-corrected chi connectivity index (χ2v) is 4.35. The molecule has 0 bridgehead atoms. The number of rotatable bonds is 2. The fraction of sp³-hybridized carbons (Fsp3) is 0.556. The lowest BCUT2D eigenvalue weighted by Gasteiger charge is -2.25. The molecule has 17 heavy (non-hydrogen) atoms. The Balaban J connectivity index is 0.00000128. The number of primary amides is 1. The fourth-order valence-electron chi connectivity index (χ4n) is 1.50. The number of anilines is 1. The molecule has 2 rings (SSSR count). The maximum Gasteiger partial charge on any atom is 0.260 e. The van der Waals surface area contributed by atoms with Crippen molar-refractivity contribution in [2.45, 2.75) is 6.92 Å². The van der Waals surface area contributed by atoms with Gasteiger partial charge in [0.05, 0.1) is 18.9 Å². The van der Waals surface area contributed by atoms with Crippen molar-refractivity contribution in [1.82, 2.24) is 4.98 Å². The molecular weight excluding hydrogens is 285 g/mol. The topological polar surface area (TPSA) is 68.5 Å². The number of aromatic nitrogens is 1. The summed E-state index contributed by atoms with van der Waals surface area (Å²) in [4.78, 5) is 18.1. The van der Waals surface area contributed by atoms with Crippen molar-refractivity contribution in [3.63, 3.8) is 0 Å². The van der Waals surface area contributed by atoms with E-state index in [2.05, 4.69) is 9.88 Å². The van der Waals surface area contributed by atoms with Gasteiger partial charge in [-0.1, -0.05) is 11.3 Å². The Morgan fingerprint density at radius 3 is 2.47 bits per heavy atom. The zero-order valence-corrected chi connectivity index (χ0v) is 11.8. The zero-order chi connectivity index (χ0) is 10.8. The molecule has 1 aromatic heterocycles. The molecule has 0 spiro atoms. The van der Waals surface area contributed by atoms with Gasteiger partial charge in [0.15, 0.2) is 5.13 Å². The number of halogens is 2. The molecule has 5 nitrogen and oxygen atoms in total. The van der Waals surface area contributed by atoms with Gasteiger partial charge in [-0.05, 0) is 6.92 Å². The van der Waals surface area contributed by atoms with Gasteiger partial charge in [-0.25, -0.2) is 4.98 Å². The lowest BCUT2D eigenvalue weighted by atomic mass is 10.4. The summed E-state index contributed by atoms with van der Waals surface area (Å²) in [6, 6.07) is 0. The molecule has 1 amide bonds. The molecule has 1 aromatic rings. The molecule has 8 heteroatoms. The van der Waals surface area contributed by atoms with Crippen molar-refractivity contribution < 1.29 is 9.53 Å². The van der Waals surface area contributed by atoms with Crippen LogP contribution >= 0.6 is 36.2 Å². The number of nitrogens with two attached hydrogens (primary N) is 1. The van der Waals surface area contributed by atoms with Crippen LogP contribution in [0, 0.1) is 6.92 Å². The van der Waals surface area contributed by atoms with Gasteiger partial charge in [-0.2, -0.15) is 0 Å². The van der Waals surface area contributed by atoms with Crippen molar-refractivity contribution in [1.29, 1.82) is 0 Å². The Labute approximate surface area is 116 Å². The number of morpholine rings is 1. The molecule has 1 aliphatic heterocycles. The number of hydrogen-bond acceptors (Lipinski definition) is 5. The number of thiazole rings is 1. The van der Waals surface area contributed by atoms with Crippen LogP contribution in [0.1, 0.15) is 15.4 Å². The van der Waals surface area contributed by atoms with Crippen molar-refractivity contribution in [3.05, 3.63) is 10.6 Å². The predicted molar refractivity (Wildman–Crippen MR) is 72.9 cm³/mol. The van der Waals surface area contributed by atoms with Crippen LogP contribution in [0.15, 0.2) is 0 Å². The highest BCUT2D eigenvalue weighted by molar-refractivity contribution is 7.17. The van der Waals surface area contributed by atoms with Gasteiger partial charge in [0.25, 0.3) is 5.91 Å². The molecule has 2 N–H and O–H groups in total. The first-order chi connectivity index (χ1) is 7.18. The lowest BCUT2D eigenvalue weighted by Crippen LogP contribution is -2.36. The highest BCUT2D eigenvalue weighted by Crippen LogP contribution is 2.26. The Bertz CT molecular complexity index is 380. The molecule has 0 aliphatic carbocycles. The first-order valence-electron chi connectivity index (χ1n) is 4.78. The van der Waals surface area contributed by atoms with E-state index in [0.29, 0.717) is 23.8 Å². The largest absolute Gasteiger partial charge is 0.378 e. The van der Waals surface area contributed by atoms with E-state index in [-0.39, 0.29) is 24.8 Å². The van der Waals surface area contributed by atoms with E-state index in [1.165, 1.54) is 11.3 Å². The number of carbonyl (C=O) groups excluding carboxylic acids is 1. The number of hydrogen-bond donors (Lipinski definition) is 1. The van der Waals surface area contributed by atoms with Crippen LogP contribution in [0.25, 0.3) is 0 Å². The Kier molecular flexibility index (Phi) is 6.77. The predicted octanol–water partition coefficient (Wildman–Crippen LogP) is 1.23. The van der Waals surface area contributed by atoms with E-state index < -0.39 is 5.91 Å². The third-order valence-electron chi connectivity index (χ3n) is 2.29. The molecule has 1 aliphatic rings. The molecule has 0 unspecified atom stereocenters. The first-order valence-corrected chi connectivity index (χ1v) is 5.60. The van der Waals surface area contributed by atoms with Crippen LogP contribution < -0.4 is 10.6 Å². The fourth-order valence-corrected chi connectivity index (χ4v) is 2.47. The highest BCUT2D eigenvalue weighted by Gasteiger charge is 2.18. The molecule has 98 valence electrons. The number of carbonyl (C=O) groups is 1. The van der Waals surface area contributed by atoms with Gasteiger partial charge in [0.1, 0.15) is 4.88 Å². The number of ether oxygens (including phenoxy) is 1. The number of nitrogens with zero attached hydrogens (tertiary/aromatic N) is 2. The standard InChI is InChI=1S/C9H13N3O2S.2ClH/c1-6-7(8(10)13)15-9(11-6)12-2-4-14-5-3-12;;/h2-5H2,1H3,(H2,10,13);2*1H. The Hall–Kier alpha value is -0.560. The smallest absolute Gasteiger partial charge is 0.260 e. The number of aryl methyl sites for hydroxylation is 1. The van der Waals surface area contributed by atoms with Gasteiger partial charge in [-0.15, -0.1) is 24.8 Å². The van der Waals surface area contributed by atoms with Crippen molar-refractivity contribution in [3.8, 4) is 0 Å². The molecular formula is C9H15Cl2N3O2S. The average molecular weight is 300 g/mol. The second kappa shape index (κ2) is 7.00. The van der Waals surface area contributed by atoms with Gasteiger partial charge >= 0.3 is 0 Å². The maximum absolute atomic E-state index is 11.1. The van der Waals surface area contributed by atoms with Crippen molar-refractivity contribution in [2.24, 2.45) is 5.73 Å². The highest BCUT2D eigenvalue weighted by atomic mass is 35.5. The quantitative estimate of drug-likeness (QED) is 0.892. The first kappa shape index (κ1) is 16.4. The van der Waals surface area contributed by atoms with E-state index in [4.69, 9.17) is 10.5 Å². The summed E-state index contributed by atoms with van der Waals surface area (Å²) < 4.78 is 5.25. The lowest BCUT2D eigenvalue weighted by molar-refractivity contribution is 0.100. The van der Waals surface area contributed by atoms with E-state index in [9.17, 15) is 4.79 Å². The minimum absolute atomic E-state index is 0. The summed E-state index contributed by atoms with van der Waals surface area (Å²) in [5.74, 6) is -0.399. The summed E-state index contributed by atoms with van der Waals surface area (Å²) in [6.45, 7) is 4.88. The molecule has 0 radical (unpaired) electrons. The van der Waals surface area contributed by atoms with Gasteiger partial charge in [0.2, 0.25) is 0 Å². The molecule has 1 saturated heterocycles. The van der Waals surface area contributed by atoms with Crippen LogP contribution in [-0.4, -0.2) is 37.2 Å². The van der Waals surface area contributed by atoms with Gasteiger partial charge < -0.3 is 15.4 Å². The van der Waals surface area contributed by atoms with Gasteiger partial charge in [0, 0.05) is 13.1 Å². The van der Waals surface area contributed by atoms with Gasteiger partial charge in [-0.3, -0.25) is 4.79 Å². The average Bonchev–Trinajstić information content (AvgIpc) is 2.62. The normalized spacial score (nSPS) is 14.8. The maximum atomic E-state index is 11.1. The molecule has 0 saturated carbocycles. The summed E-state index contributed by atoms with van der Waals surface area (Å²) >= 11 is 1.36. The van der Waals surface area contributed by atoms with Crippen molar-refractivity contribution in [2.75, 3.05) is 31.2 Å². The third-order valence-corrected chi connectivity index (χ3v) is 3.52. The van der Waals surface area contributed by atoms with Crippen LogP contribution in [0.3, 0.4) is 0 Å². The van der Waals surface area contributed by atoms with E-state index in [1.807, 2.05) is 0 Å². The Morgan fingerprint density at radius 1 is 1.41 bits per heavy atom. The van der Waals surface area contributed by atoms with E-state index in [1.54, 1.807) is 6.92 Å². The van der Waals surface area contributed by atoms with Crippen LogP contribution in [0.5, 0.6) is 0 Å². The minimum Gasteiger partial charge on any atom is -0.378 e. The third kappa shape index (κ3) is 3.70. The minimum atomic E-state index is -0.399. The molecule has 1 fully saturated rings. The second-order valence-electron chi connectivity index (χ2n) is 3.37.